The van der Waals surface area contributed by atoms with Crippen LogP contribution in [0.1, 0.15) is 34.9 Å². The lowest BCUT2D eigenvalue weighted by Gasteiger charge is -2.31. The number of carbonyl (C=O) groups excluding carboxylic acids is 1. The predicted molar refractivity (Wildman–Crippen MR) is 90.1 cm³/mol. The van der Waals surface area contributed by atoms with Gasteiger partial charge in [-0.3, -0.25) is 9.78 Å². The molecule has 0 saturated carbocycles. The summed E-state index contributed by atoms with van der Waals surface area (Å²) in [5, 5.41) is 0. The third kappa shape index (κ3) is 3.32. The lowest BCUT2D eigenvalue weighted by molar-refractivity contribution is -0.0815. The Morgan fingerprint density at radius 2 is 2.28 bits per heavy atom. The molecule has 0 aliphatic carbocycles. The third-order valence-electron chi connectivity index (χ3n) is 4.86. The third-order valence-corrected chi connectivity index (χ3v) is 4.86. The highest BCUT2D eigenvalue weighted by Gasteiger charge is 2.47. The Hall–Kier alpha value is -2.18. The summed E-state index contributed by atoms with van der Waals surface area (Å²) in [5.41, 5.74) is 0.876. The highest BCUT2D eigenvalue weighted by Crippen LogP contribution is 2.32. The van der Waals surface area contributed by atoms with Crippen LogP contribution in [0.5, 0.6) is 0 Å². The first-order valence-corrected chi connectivity index (χ1v) is 8.73. The van der Waals surface area contributed by atoms with Gasteiger partial charge in [0, 0.05) is 12.8 Å². The molecule has 6 heteroatoms. The van der Waals surface area contributed by atoms with Crippen LogP contribution in [-0.4, -0.2) is 47.2 Å². The summed E-state index contributed by atoms with van der Waals surface area (Å²) >= 11 is 0. The minimum atomic E-state index is -0.146. The summed E-state index contributed by atoms with van der Waals surface area (Å²) in [5.74, 6) is 1.03. The summed E-state index contributed by atoms with van der Waals surface area (Å²) in [6.45, 7) is 3.49. The Balaban J connectivity index is 1.48. The molecule has 0 aromatic carbocycles. The molecule has 1 amide bonds. The molecule has 0 unspecified atom stereocenters. The minimum absolute atomic E-state index is 0.0420. The molecular formula is C19H22N2O4. The number of fused-ring (bicyclic) bond motifs is 1. The molecule has 4 rings (SSSR count). The van der Waals surface area contributed by atoms with Crippen LogP contribution >= 0.6 is 0 Å². The lowest BCUT2D eigenvalue weighted by atomic mass is 10.0. The first-order chi connectivity index (χ1) is 12.2. The van der Waals surface area contributed by atoms with E-state index in [0.717, 1.165) is 24.3 Å². The van der Waals surface area contributed by atoms with Gasteiger partial charge in [-0.05, 0) is 44.0 Å². The van der Waals surface area contributed by atoms with Gasteiger partial charge in [0.1, 0.15) is 18.0 Å². The summed E-state index contributed by atoms with van der Waals surface area (Å²) < 4.78 is 17.5. The molecular weight excluding hydrogens is 320 g/mol. The number of ether oxygens (including phenoxy) is 2. The Labute approximate surface area is 146 Å². The Kier molecular flexibility index (Phi) is 4.55. The van der Waals surface area contributed by atoms with E-state index in [9.17, 15) is 4.79 Å². The van der Waals surface area contributed by atoms with Crippen molar-refractivity contribution in [2.24, 2.45) is 0 Å². The Bertz CT molecular complexity index is 730. The van der Waals surface area contributed by atoms with E-state index in [1.165, 1.54) is 0 Å². The topological polar surface area (TPSA) is 64.8 Å². The van der Waals surface area contributed by atoms with Crippen LogP contribution in [0.4, 0.5) is 0 Å². The molecule has 2 fully saturated rings. The molecule has 2 saturated heterocycles. The highest BCUT2D eigenvalue weighted by atomic mass is 16.5. The highest BCUT2D eigenvalue weighted by molar-refractivity contribution is 5.92. The molecule has 2 aliphatic heterocycles. The monoisotopic (exact) mass is 342 g/mol. The first kappa shape index (κ1) is 16.3. The Morgan fingerprint density at radius 1 is 1.36 bits per heavy atom. The van der Waals surface area contributed by atoms with Crippen LogP contribution in [-0.2, 0) is 16.1 Å². The maximum Gasteiger partial charge on any atom is 0.289 e. The van der Waals surface area contributed by atoms with Crippen molar-refractivity contribution >= 4 is 5.91 Å². The molecule has 25 heavy (non-hydrogen) atoms. The first-order valence-electron chi connectivity index (χ1n) is 8.73. The normalized spacial score (nSPS) is 25.8. The van der Waals surface area contributed by atoms with Gasteiger partial charge in [-0.2, -0.15) is 0 Å². The number of rotatable bonds is 4. The molecule has 0 N–H and O–H groups in total. The van der Waals surface area contributed by atoms with Crippen molar-refractivity contribution in [3.8, 4) is 0 Å². The number of hydrogen-bond donors (Lipinski definition) is 0. The number of aryl methyl sites for hydroxylation is 1. The molecule has 4 heterocycles. The maximum absolute atomic E-state index is 12.8. The van der Waals surface area contributed by atoms with Crippen molar-refractivity contribution in [1.82, 2.24) is 9.88 Å². The van der Waals surface area contributed by atoms with Gasteiger partial charge >= 0.3 is 0 Å². The quantitative estimate of drug-likeness (QED) is 0.854. The standard InChI is InChI=1S/C19H22N2O4/c1-13-7-8-16(25-13)19(22)21-11-17(18-15(21)6-4-10-23-18)24-12-14-5-2-3-9-20-14/h2-3,5,7-9,15,17-18H,4,6,10-12H2,1H3/t15-,17+,18+/m1/s1. The van der Waals surface area contributed by atoms with E-state index < -0.39 is 0 Å². The summed E-state index contributed by atoms with van der Waals surface area (Å²) in [6, 6.07) is 9.34. The van der Waals surface area contributed by atoms with E-state index in [2.05, 4.69) is 4.98 Å². The molecule has 132 valence electrons. The van der Waals surface area contributed by atoms with Gasteiger partial charge in [-0.15, -0.1) is 0 Å². The van der Waals surface area contributed by atoms with Gasteiger partial charge in [-0.25, -0.2) is 0 Å². The van der Waals surface area contributed by atoms with E-state index >= 15 is 0 Å². The maximum atomic E-state index is 12.8. The molecule has 0 spiro atoms. The second-order valence-corrected chi connectivity index (χ2v) is 6.58. The molecule has 2 aromatic heterocycles. The van der Waals surface area contributed by atoms with Crippen LogP contribution in [0.15, 0.2) is 40.9 Å². The number of likely N-dealkylation sites (tertiary alicyclic amines) is 1. The zero-order valence-corrected chi connectivity index (χ0v) is 14.3. The van der Waals surface area contributed by atoms with E-state index in [1.54, 1.807) is 12.3 Å². The number of amides is 1. The molecule has 0 bridgehead atoms. The van der Waals surface area contributed by atoms with Gasteiger partial charge in [-0.1, -0.05) is 6.07 Å². The van der Waals surface area contributed by atoms with Crippen LogP contribution in [0, 0.1) is 6.92 Å². The second kappa shape index (κ2) is 6.98. The molecule has 2 aliphatic rings. The smallest absolute Gasteiger partial charge is 0.289 e. The van der Waals surface area contributed by atoms with Crippen molar-refractivity contribution in [2.75, 3.05) is 13.2 Å². The number of nitrogens with zero attached hydrogens (tertiary/aromatic N) is 2. The fourth-order valence-corrected chi connectivity index (χ4v) is 3.66. The average molecular weight is 342 g/mol. The average Bonchev–Trinajstić information content (AvgIpc) is 3.24. The minimum Gasteiger partial charge on any atom is -0.456 e. The van der Waals surface area contributed by atoms with Gasteiger partial charge in [0.2, 0.25) is 0 Å². The lowest BCUT2D eigenvalue weighted by Crippen LogP contribution is -2.43. The Morgan fingerprint density at radius 3 is 3.04 bits per heavy atom. The van der Waals surface area contributed by atoms with Gasteiger partial charge in [0.05, 0.1) is 24.9 Å². The van der Waals surface area contributed by atoms with Crippen LogP contribution < -0.4 is 0 Å². The fraction of sp³-hybridized carbons (Fsp3) is 0.474. The molecule has 2 aromatic rings. The fourth-order valence-electron chi connectivity index (χ4n) is 3.66. The zero-order valence-electron chi connectivity index (χ0n) is 14.3. The summed E-state index contributed by atoms with van der Waals surface area (Å²) in [4.78, 5) is 19.0. The number of furan rings is 1. The second-order valence-electron chi connectivity index (χ2n) is 6.58. The number of carbonyl (C=O) groups is 1. The largest absolute Gasteiger partial charge is 0.456 e. The SMILES string of the molecule is Cc1ccc(C(=O)N2C[C@H](OCc3ccccn3)[C@H]3OCCC[C@H]32)o1. The number of hydrogen-bond acceptors (Lipinski definition) is 5. The molecule has 0 radical (unpaired) electrons. The van der Waals surface area contributed by atoms with E-state index in [0.29, 0.717) is 25.5 Å². The number of pyridine rings is 1. The van der Waals surface area contributed by atoms with E-state index in [-0.39, 0.29) is 24.2 Å². The van der Waals surface area contributed by atoms with E-state index in [4.69, 9.17) is 13.9 Å². The zero-order chi connectivity index (χ0) is 17.2. The van der Waals surface area contributed by atoms with Crippen molar-refractivity contribution in [1.29, 1.82) is 0 Å². The van der Waals surface area contributed by atoms with Crippen LogP contribution in [0.25, 0.3) is 0 Å². The van der Waals surface area contributed by atoms with Crippen molar-refractivity contribution in [3.05, 3.63) is 53.7 Å². The van der Waals surface area contributed by atoms with Crippen LogP contribution in [0.2, 0.25) is 0 Å². The summed E-state index contributed by atoms with van der Waals surface area (Å²) in [6.07, 6.45) is 3.40. The van der Waals surface area contributed by atoms with Crippen LogP contribution in [0.3, 0.4) is 0 Å². The van der Waals surface area contributed by atoms with Gasteiger partial charge in [0.15, 0.2) is 5.76 Å². The van der Waals surface area contributed by atoms with Gasteiger partial charge < -0.3 is 18.8 Å². The van der Waals surface area contributed by atoms with Crippen molar-refractivity contribution in [3.63, 3.8) is 0 Å². The van der Waals surface area contributed by atoms with Gasteiger partial charge in [0.25, 0.3) is 5.91 Å². The van der Waals surface area contributed by atoms with Crippen molar-refractivity contribution in [2.45, 2.75) is 44.6 Å². The van der Waals surface area contributed by atoms with Crippen molar-refractivity contribution < 1.29 is 18.7 Å². The molecule has 6 nitrogen and oxygen atoms in total. The molecule has 3 atom stereocenters. The summed E-state index contributed by atoms with van der Waals surface area (Å²) in [7, 11) is 0. The predicted octanol–water partition coefficient (Wildman–Crippen LogP) is 2.57. The van der Waals surface area contributed by atoms with E-state index in [1.807, 2.05) is 36.1 Å². The number of aromatic nitrogens is 1.